The number of aryl methyl sites for hydroxylation is 1. The van der Waals surface area contributed by atoms with Crippen LogP contribution in [0.4, 0.5) is 45.5 Å². The van der Waals surface area contributed by atoms with Gasteiger partial charge < -0.3 is 15.1 Å². The topological polar surface area (TPSA) is 18.5 Å². The number of nitrogens with one attached hydrogen (secondary N) is 1. The molecule has 3 heteroatoms. The van der Waals surface area contributed by atoms with E-state index in [4.69, 9.17) is 0 Å². The molecule has 0 aliphatic rings. The van der Waals surface area contributed by atoms with Gasteiger partial charge in [0.2, 0.25) is 0 Å². The summed E-state index contributed by atoms with van der Waals surface area (Å²) < 4.78 is 0. The molecule has 6 aromatic carbocycles. The zero-order chi connectivity index (χ0) is 33.9. The maximum absolute atomic E-state index is 3.78. The van der Waals surface area contributed by atoms with Crippen molar-refractivity contribution in [3.8, 4) is 0 Å². The Morgan fingerprint density at radius 1 is 0.396 bits per heavy atom. The van der Waals surface area contributed by atoms with Crippen LogP contribution in [0.5, 0.6) is 0 Å². The van der Waals surface area contributed by atoms with Gasteiger partial charge >= 0.3 is 0 Å². The number of para-hydroxylation sites is 4. The van der Waals surface area contributed by atoms with Crippen LogP contribution in [0.2, 0.25) is 0 Å². The van der Waals surface area contributed by atoms with Crippen LogP contribution in [0.3, 0.4) is 0 Å². The SMILES string of the molecule is Cc1cccc(Nc2cc(N(c3ccccc3)c3ccccc3)cc(N(c3ccccc3C(C)(C)C)c3ccccc3C(C)(C)C)c2)c1. The van der Waals surface area contributed by atoms with Gasteiger partial charge in [-0.15, -0.1) is 0 Å². The third-order valence-corrected chi connectivity index (χ3v) is 8.66. The summed E-state index contributed by atoms with van der Waals surface area (Å²) in [6.45, 7) is 15.9. The Labute approximate surface area is 287 Å². The molecule has 0 aliphatic heterocycles. The second kappa shape index (κ2) is 13.4. The molecule has 0 amide bonds. The van der Waals surface area contributed by atoms with Gasteiger partial charge in [-0.1, -0.05) is 126 Å². The molecule has 0 spiro atoms. The molecular formula is C45H47N3. The van der Waals surface area contributed by atoms with Crippen LogP contribution >= 0.6 is 0 Å². The van der Waals surface area contributed by atoms with Crippen LogP contribution < -0.4 is 15.1 Å². The summed E-state index contributed by atoms with van der Waals surface area (Å²) in [6.07, 6.45) is 0. The van der Waals surface area contributed by atoms with E-state index in [0.717, 1.165) is 34.1 Å². The molecule has 6 rings (SSSR count). The lowest BCUT2D eigenvalue weighted by molar-refractivity contribution is 0.587. The van der Waals surface area contributed by atoms with Crippen LogP contribution in [-0.4, -0.2) is 0 Å². The second-order valence-electron chi connectivity index (χ2n) is 14.6. The average molecular weight is 630 g/mol. The van der Waals surface area contributed by atoms with E-state index in [9.17, 15) is 0 Å². The number of hydrogen-bond acceptors (Lipinski definition) is 3. The van der Waals surface area contributed by atoms with Crippen molar-refractivity contribution < 1.29 is 0 Å². The fourth-order valence-corrected chi connectivity index (χ4v) is 6.43. The Morgan fingerprint density at radius 3 is 1.33 bits per heavy atom. The van der Waals surface area contributed by atoms with Gasteiger partial charge in [-0.05, 0) is 101 Å². The molecule has 1 N–H and O–H groups in total. The smallest absolute Gasteiger partial charge is 0.0503 e. The lowest BCUT2D eigenvalue weighted by Crippen LogP contribution is -2.23. The molecule has 0 saturated carbocycles. The summed E-state index contributed by atoms with van der Waals surface area (Å²) in [5.41, 5.74) is 12.4. The molecule has 0 bridgehead atoms. The zero-order valence-electron chi connectivity index (χ0n) is 29.3. The summed E-state index contributed by atoms with van der Waals surface area (Å²) in [5, 5.41) is 3.78. The molecule has 0 heterocycles. The first kappa shape index (κ1) is 32.7. The standard InChI is InChI=1S/C45H47N3/c1-33-19-18-20-34(29-33)46-35-30-38(47(36-21-10-8-11-22-36)37-23-12-9-13-24-37)32-39(31-35)48(42-27-16-14-25-40(42)44(2,3)4)43-28-17-15-26-41(43)45(5,6)7/h8-32,46H,1-7H3. The molecule has 0 saturated heterocycles. The molecule has 0 fully saturated rings. The molecule has 0 aromatic heterocycles. The van der Waals surface area contributed by atoms with E-state index in [1.165, 1.54) is 28.1 Å². The summed E-state index contributed by atoms with van der Waals surface area (Å²) in [4.78, 5) is 4.81. The highest BCUT2D eigenvalue weighted by atomic mass is 15.2. The highest BCUT2D eigenvalue weighted by molar-refractivity contribution is 5.88. The minimum atomic E-state index is -0.0775. The van der Waals surface area contributed by atoms with Gasteiger partial charge in [-0.25, -0.2) is 0 Å². The first-order chi connectivity index (χ1) is 23.0. The molecule has 0 radical (unpaired) electrons. The van der Waals surface area contributed by atoms with E-state index in [1.807, 2.05) is 0 Å². The van der Waals surface area contributed by atoms with Crippen molar-refractivity contribution in [1.29, 1.82) is 0 Å². The van der Waals surface area contributed by atoms with Crippen molar-refractivity contribution in [3.05, 3.63) is 168 Å². The number of nitrogens with zero attached hydrogens (tertiary/aromatic N) is 2. The molecule has 0 aliphatic carbocycles. The van der Waals surface area contributed by atoms with Gasteiger partial charge in [0.05, 0.1) is 11.4 Å². The Kier molecular flexibility index (Phi) is 9.15. The largest absolute Gasteiger partial charge is 0.355 e. The van der Waals surface area contributed by atoms with Crippen LogP contribution in [0, 0.1) is 6.92 Å². The van der Waals surface area contributed by atoms with Crippen molar-refractivity contribution in [3.63, 3.8) is 0 Å². The van der Waals surface area contributed by atoms with Gasteiger partial charge in [0.15, 0.2) is 0 Å². The van der Waals surface area contributed by atoms with Gasteiger partial charge in [-0.3, -0.25) is 0 Å². The van der Waals surface area contributed by atoms with E-state index >= 15 is 0 Å². The van der Waals surface area contributed by atoms with Crippen molar-refractivity contribution >= 4 is 45.5 Å². The van der Waals surface area contributed by atoms with E-state index in [1.54, 1.807) is 0 Å². The van der Waals surface area contributed by atoms with Gasteiger partial charge in [-0.2, -0.15) is 0 Å². The number of rotatable bonds is 8. The van der Waals surface area contributed by atoms with Crippen molar-refractivity contribution in [2.75, 3.05) is 15.1 Å². The van der Waals surface area contributed by atoms with E-state index in [2.05, 4.69) is 215 Å². The Morgan fingerprint density at radius 2 is 0.854 bits per heavy atom. The fourth-order valence-electron chi connectivity index (χ4n) is 6.43. The molecule has 242 valence electrons. The third-order valence-electron chi connectivity index (χ3n) is 8.66. The lowest BCUT2D eigenvalue weighted by atomic mass is 9.83. The van der Waals surface area contributed by atoms with Crippen molar-refractivity contribution in [1.82, 2.24) is 0 Å². The van der Waals surface area contributed by atoms with E-state index < -0.39 is 0 Å². The first-order valence-electron chi connectivity index (χ1n) is 16.9. The fraction of sp³-hybridized carbons (Fsp3) is 0.200. The lowest BCUT2D eigenvalue weighted by Gasteiger charge is -2.36. The maximum atomic E-state index is 3.78. The Hall–Kier alpha value is -5.28. The molecule has 48 heavy (non-hydrogen) atoms. The molecule has 0 atom stereocenters. The predicted molar refractivity (Wildman–Crippen MR) is 208 cm³/mol. The number of benzene rings is 6. The molecule has 6 aromatic rings. The van der Waals surface area contributed by atoms with Gasteiger partial charge in [0, 0.05) is 34.1 Å². The second-order valence-corrected chi connectivity index (χ2v) is 14.6. The monoisotopic (exact) mass is 629 g/mol. The molecule has 0 unspecified atom stereocenters. The summed E-state index contributed by atoms with van der Waals surface area (Å²) in [7, 11) is 0. The molecular weight excluding hydrogens is 583 g/mol. The highest BCUT2D eigenvalue weighted by Gasteiger charge is 2.28. The van der Waals surface area contributed by atoms with Crippen LogP contribution in [0.15, 0.2) is 152 Å². The highest BCUT2D eigenvalue weighted by Crippen LogP contribution is 2.47. The Balaban J connectivity index is 1.67. The first-order valence-corrected chi connectivity index (χ1v) is 16.9. The maximum Gasteiger partial charge on any atom is 0.0503 e. The van der Waals surface area contributed by atoms with E-state index in [0.29, 0.717) is 0 Å². The van der Waals surface area contributed by atoms with Gasteiger partial charge in [0.1, 0.15) is 0 Å². The minimum absolute atomic E-state index is 0.0775. The van der Waals surface area contributed by atoms with Crippen LogP contribution in [-0.2, 0) is 10.8 Å². The zero-order valence-corrected chi connectivity index (χ0v) is 29.3. The predicted octanol–water partition coefficient (Wildman–Crippen LogP) is 13.3. The number of hydrogen-bond donors (Lipinski definition) is 1. The third kappa shape index (κ3) is 7.16. The quantitative estimate of drug-likeness (QED) is 0.181. The minimum Gasteiger partial charge on any atom is -0.355 e. The van der Waals surface area contributed by atoms with Crippen molar-refractivity contribution in [2.45, 2.75) is 59.3 Å². The Bertz CT molecular complexity index is 1880. The van der Waals surface area contributed by atoms with Gasteiger partial charge in [0.25, 0.3) is 0 Å². The van der Waals surface area contributed by atoms with E-state index in [-0.39, 0.29) is 10.8 Å². The molecule has 3 nitrogen and oxygen atoms in total. The normalized spacial score (nSPS) is 11.6. The van der Waals surface area contributed by atoms with Crippen LogP contribution in [0.1, 0.15) is 58.2 Å². The summed E-state index contributed by atoms with van der Waals surface area (Å²) in [5.74, 6) is 0. The average Bonchev–Trinajstić information content (AvgIpc) is 3.06. The summed E-state index contributed by atoms with van der Waals surface area (Å²) >= 11 is 0. The van der Waals surface area contributed by atoms with Crippen molar-refractivity contribution in [2.24, 2.45) is 0 Å². The van der Waals surface area contributed by atoms with Crippen LogP contribution in [0.25, 0.3) is 0 Å². The number of anilines is 8. The summed E-state index contributed by atoms with van der Waals surface area (Å²) in [6, 6.07) is 54.4.